The van der Waals surface area contributed by atoms with Gasteiger partial charge in [0.15, 0.2) is 11.1 Å². The average molecular weight is 430 g/mol. The molecule has 1 aromatic heterocycles. The third-order valence-electron chi connectivity index (χ3n) is 4.15. The van der Waals surface area contributed by atoms with Gasteiger partial charge < -0.3 is 16.4 Å². The zero-order valence-electron chi connectivity index (χ0n) is 16.1. The molecule has 0 unspecified atom stereocenters. The predicted molar refractivity (Wildman–Crippen MR) is 122 cm³/mol. The summed E-state index contributed by atoms with van der Waals surface area (Å²) in [5.74, 6) is -0.189. The highest BCUT2D eigenvalue weighted by Crippen LogP contribution is 2.27. The Kier molecular flexibility index (Phi) is 8.18. The zero-order valence-corrected chi connectivity index (χ0v) is 17.7. The number of nitrogens with zero attached hydrogens (tertiary/aromatic N) is 1. The van der Waals surface area contributed by atoms with Crippen molar-refractivity contribution < 1.29 is 4.79 Å². The number of hydrogen-bond acceptors (Lipinski definition) is 4. The van der Waals surface area contributed by atoms with Gasteiger partial charge in [-0.1, -0.05) is 42.5 Å². The lowest BCUT2D eigenvalue weighted by Crippen LogP contribution is -2.20. The Bertz CT molecular complexity index is 957. The summed E-state index contributed by atoms with van der Waals surface area (Å²) in [6.45, 7) is 1.49. The first-order valence-corrected chi connectivity index (χ1v) is 9.81. The molecule has 3 rings (SSSR count). The number of benzene rings is 2. The van der Waals surface area contributed by atoms with Gasteiger partial charge in [0.25, 0.3) is 0 Å². The van der Waals surface area contributed by atoms with Gasteiger partial charge >= 0.3 is 0 Å². The van der Waals surface area contributed by atoms with Crippen LogP contribution in [0.3, 0.4) is 0 Å². The van der Waals surface area contributed by atoms with Crippen LogP contribution >= 0.6 is 23.7 Å². The van der Waals surface area contributed by atoms with Crippen LogP contribution in [0.15, 0.2) is 54.6 Å². The van der Waals surface area contributed by atoms with Gasteiger partial charge in [-0.05, 0) is 36.1 Å². The van der Waals surface area contributed by atoms with Gasteiger partial charge in [0.1, 0.15) is 0 Å². The van der Waals surface area contributed by atoms with Crippen LogP contribution in [-0.4, -0.2) is 16.9 Å². The summed E-state index contributed by atoms with van der Waals surface area (Å²) in [6, 6.07) is 18.1. The van der Waals surface area contributed by atoms with E-state index in [9.17, 15) is 4.79 Å². The molecule has 0 atom stereocenters. The molecule has 0 aliphatic rings. The predicted octanol–water partition coefficient (Wildman–Crippen LogP) is 4.20. The van der Waals surface area contributed by atoms with E-state index in [0.29, 0.717) is 5.13 Å². The van der Waals surface area contributed by atoms with E-state index < -0.39 is 0 Å². The smallest absolute Gasteiger partial charge is 0.223 e. The molecule has 0 saturated heterocycles. The summed E-state index contributed by atoms with van der Waals surface area (Å²) < 4.78 is 0. The van der Waals surface area contributed by atoms with E-state index in [1.54, 1.807) is 0 Å². The topological polar surface area (TPSA) is 104 Å². The first kappa shape index (κ1) is 22.4. The van der Waals surface area contributed by atoms with Crippen LogP contribution in [0.4, 0.5) is 10.8 Å². The quantitative estimate of drug-likeness (QED) is 0.333. The number of nitrogens with one attached hydrogen (secondary N) is 3. The van der Waals surface area contributed by atoms with Crippen molar-refractivity contribution in [2.75, 3.05) is 10.6 Å². The van der Waals surface area contributed by atoms with Crippen LogP contribution in [0.5, 0.6) is 0 Å². The molecule has 0 bridgehead atoms. The Labute approximate surface area is 180 Å². The molecule has 29 heavy (non-hydrogen) atoms. The molecule has 0 saturated carbocycles. The molecule has 8 heteroatoms. The molecule has 6 nitrogen and oxygen atoms in total. The number of rotatable bonds is 7. The molecule has 0 fully saturated rings. The normalized spacial score (nSPS) is 10.1. The zero-order chi connectivity index (χ0) is 19.9. The van der Waals surface area contributed by atoms with Gasteiger partial charge in [-0.25, -0.2) is 4.98 Å². The second-order valence-electron chi connectivity index (χ2n) is 6.47. The minimum Gasteiger partial charge on any atom is -0.370 e. The number of guanidine groups is 1. The Morgan fingerprint density at radius 1 is 1.03 bits per heavy atom. The number of anilines is 2. The van der Waals surface area contributed by atoms with E-state index >= 15 is 0 Å². The van der Waals surface area contributed by atoms with Gasteiger partial charge in [0, 0.05) is 23.9 Å². The van der Waals surface area contributed by atoms with E-state index in [2.05, 4.69) is 27.8 Å². The van der Waals surface area contributed by atoms with E-state index in [-0.39, 0.29) is 24.3 Å². The molecule has 1 heterocycles. The van der Waals surface area contributed by atoms with Crippen LogP contribution in [0, 0.1) is 5.41 Å². The summed E-state index contributed by atoms with van der Waals surface area (Å²) >= 11 is 1.54. The molecule has 2 aromatic carbocycles. The second-order valence-corrected chi connectivity index (χ2v) is 7.55. The van der Waals surface area contributed by atoms with Crippen LogP contribution < -0.4 is 16.4 Å². The number of amides is 1. The summed E-state index contributed by atoms with van der Waals surface area (Å²) in [6.07, 6.45) is 2.43. The van der Waals surface area contributed by atoms with Gasteiger partial charge in [-0.3, -0.25) is 10.2 Å². The molecular formula is C21H24ClN5OS. The van der Waals surface area contributed by atoms with E-state index in [4.69, 9.17) is 11.1 Å². The largest absolute Gasteiger partial charge is 0.370 e. The third kappa shape index (κ3) is 6.89. The van der Waals surface area contributed by atoms with Crippen molar-refractivity contribution in [1.82, 2.24) is 4.98 Å². The molecule has 1 amide bonds. The molecule has 3 aromatic rings. The number of carbonyl (C=O) groups excluding carboxylic acids is 1. The number of aryl methyl sites for hydroxylation is 2. The van der Waals surface area contributed by atoms with Gasteiger partial charge in [0.2, 0.25) is 5.91 Å². The SMILES string of the molecule is CC(=O)Nc1nc(CCc2ccc(NC(=N)N)cc2)c(Cc2ccccc2)s1.Cl. The average Bonchev–Trinajstić information content (AvgIpc) is 3.02. The molecule has 0 radical (unpaired) electrons. The summed E-state index contributed by atoms with van der Waals surface area (Å²) in [5, 5.41) is 13.5. The fraction of sp³-hybridized carbons (Fsp3) is 0.190. The maximum absolute atomic E-state index is 11.4. The maximum Gasteiger partial charge on any atom is 0.223 e. The van der Waals surface area contributed by atoms with Crippen molar-refractivity contribution in [2.24, 2.45) is 5.73 Å². The Morgan fingerprint density at radius 2 is 1.72 bits per heavy atom. The van der Waals surface area contributed by atoms with E-state index in [1.807, 2.05) is 42.5 Å². The third-order valence-corrected chi connectivity index (χ3v) is 5.17. The van der Waals surface area contributed by atoms with Crippen LogP contribution in [0.25, 0.3) is 0 Å². The van der Waals surface area contributed by atoms with Crippen molar-refractivity contribution in [1.29, 1.82) is 5.41 Å². The highest BCUT2D eigenvalue weighted by atomic mass is 35.5. The lowest BCUT2D eigenvalue weighted by atomic mass is 10.0. The van der Waals surface area contributed by atoms with Crippen LogP contribution in [-0.2, 0) is 24.1 Å². The number of halogens is 1. The Hall–Kier alpha value is -2.90. The van der Waals surface area contributed by atoms with Crippen LogP contribution in [0.1, 0.15) is 28.6 Å². The number of aromatic nitrogens is 1. The number of carbonyl (C=O) groups is 1. The fourth-order valence-electron chi connectivity index (χ4n) is 2.88. The summed E-state index contributed by atoms with van der Waals surface area (Å²) in [7, 11) is 0. The Morgan fingerprint density at radius 3 is 2.34 bits per heavy atom. The fourth-order valence-corrected chi connectivity index (χ4v) is 3.96. The van der Waals surface area contributed by atoms with E-state index in [0.717, 1.165) is 30.6 Å². The lowest BCUT2D eigenvalue weighted by molar-refractivity contribution is -0.114. The van der Waals surface area contributed by atoms with Gasteiger partial charge in [-0.2, -0.15) is 0 Å². The van der Waals surface area contributed by atoms with E-state index in [1.165, 1.54) is 34.3 Å². The first-order chi connectivity index (χ1) is 13.5. The maximum atomic E-state index is 11.4. The molecule has 152 valence electrons. The van der Waals surface area contributed by atoms with Crippen molar-refractivity contribution >= 4 is 46.4 Å². The standard InChI is InChI=1S/C21H23N5OS.ClH/c1-14(27)24-21-26-18(19(28-21)13-16-5-3-2-4-6-16)12-9-15-7-10-17(11-8-15)25-20(22)23;/h2-8,10-11H,9,12-13H2,1H3,(H4,22,23,25)(H,24,26,27);1H. The minimum atomic E-state index is -0.111. The molecule has 0 aliphatic carbocycles. The first-order valence-electron chi connectivity index (χ1n) is 8.99. The molecule has 0 spiro atoms. The van der Waals surface area contributed by atoms with Gasteiger partial charge in [-0.15, -0.1) is 23.7 Å². The Balaban J connectivity index is 0.00000300. The summed E-state index contributed by atoms with van der Waals surface area (Å²) in [4.78, 5) is 17.2. The van der Waals surface area contributed by atoms with Crippen LogP contribution in [0.2, 0.25) is 0 Å². The molecule has 5 N–H and O–H groups in total. The van der Waals surface area contributed by atoms with Crippen molar-refractivity contribution in [3.8, 4) is 0 Å². The van der Waals surface area contributed by atoms with Crippen molar-refractivity contribution in [3.05, 3.63) is 76.3 Å². The molecule has 0 aliphatic heterocycles. The van der Waals surface area contributed by atoms with Crippen molar-refractivity contribution in [2.45, 2.75) is 26.2 Å². The summed E-state index contributed by atoms with van der Waals surface area (Å²) in [5.41, 5.74) is 9.56. The number of nitrogens with two attached hydrogens (primary N) is 1. The number of hydrogen-bond donors (Lipinski definition) is 4. The minimum absolute atomic E-state index is 0. The highest BCUT2D eigenvalue weighted by Gasteiger charge is 2.13. The second kappa shape index (κ2) is 10.6. The monoisotopic (exact) mass is 429 g/mol. The molecular weight excluding hydrogens is 406 g/mol. The van der Waals surface area contributed by atoms with Crippen molar-refractivity contribution in [3.63, 3.8) is 0 Å². The number of thiazole rings is 1. The lowest BCUT2D eigenvalue weighted by Gasteiger charge is -2.06. The highest BCUT2D eigenvalue weighted by molar-refractivity contribution is 7.15. The van der Waals surface area contributed by atoms with Gasteiger partial charge in [0.05, 0.1) is 5.69 Å².